The summed E-state index contributed by atoms with van der Waals surface area (Å²) in [6.45, 7) is 3.78. The molecule has 2 aliphatic heterocycles. The number of aromatic nitrogens is 1. The van der Waals surface area contributed by atoms with E-state index in [0.717, 1.165) is 20.1 Å². The summed E-state index contributed by atoms with van der Waals surface area (Å²) < 4.78 is 16.3. The third-order valence-electron chi connectivity index (χ3n) is 5.02. The molecule has 0 fully saturated rings. The predicted octanol–water partition coefficient (Wildman–Crippen LogP) is 4.93. The van der Waals surface area contributed by atoms with E-state index >= 15 is 0 Å². The Hall–Kier alpha value is -2.51. The van der Waals surface area contributed by atoms with Gasteiger partial charge < -0.3 is 0 Å². The van der Waals surface area contributed by atoms with Crippen molar-refractivity contribution >= 4 is 56.3 Å². The second-order valence-electron chi connectivity index (χ2n) is 7.38. The summed E-state index contributed by atoms with van der Waals surface area (Å²) in [5, 5.41) is 0. The van der Waals surface area contributed by atoms with Crippen LogP contribution in [0.2, 0.25) is 0 Å². The van der Waals surface area contributed by atoms with Gasteiger partial charge in [0.1, 0.15) is 5.82 Å². The first kappa shape index (κ1) is 17.6. The number of benzene rings is 2. The molecule has 28 heavy (non-hydrogen) atoms. The lowest BCUT2D eigenvalue weighted by atomic mass is 9.89. The molecule has 0 aliphatic carbocycles. The lowest BCUT2D eigenvalue weighted by Crippen LogP contribution is -2.47. The van der Waals surface area contributed by atoms with Gasteiger partial charge in [0.15, 0.2) is 4.34 Å². The molecule has 0 N–H and O–H groups in total. The van der Waals surface area contributed by atoms with Crippen molar-refractivity contribution in [1.82, 2.24) is 4.98 Å². The largest absolute Gasteiger partial charge is 0.300 e. The molecule has 140 valence electrons. The SMILES string of the molecule is CC1(C)C=C(CSc2nc3ccccc3s2)c2cc(F)cc3c2N1C(=O)C3=O. The fraction of sp³-hybridized carbons (Fsp3) is 0.190. The van der Waals surface area contributed by atoms with Crippen LogP contribution in [0.3, 0.4) is 0 Å². The van der Waals surface area contributed by atoms with Crippen molar-refractivity contribution in [2.75, 3.05) is 10.7 Å². The van der Waals surface area contributed by atoms with E-state index < -0.39 is 23.0 Å². The summed E-state index contributed by atoms with van der Waals surface area (Å²) in [7, 11) is 0. The number of carbonyl (C=O) groups is 2. The number of para-hydroxylation sites is 1. The topological polar surface area (TPSA) is 50.3 Å². The van der Waals surface area contributed by atoms with Crippen molar-refractivity contribution in [3.8, 4) is 0 Å². The minimum absolute atomic E-state index is 0.156. The van der Waals surface area contributed by atoms with E-state index in [2.05, 4.69) is 4.98 Å². The summed E-state index contributed by atoms with van der Waals surface area (Å²) in [6, 6.07) is 10.5. The lowest BCUT2D eigenvalue weighted by molar-refractivity contribution is -0.115. The molecule has 3 aromatic rings. The molecule has 0 atom stereocenters. The third-order valence-corrected chi connectivity index (χ3v) is 7.24. The molecular formula is C21H15FN2O2S2. The minimum atomic E-state index is -0.660. The molecule has 0 unspecified atom stereocenters. The van der Waals surface area contributed by atoms with E-state index in [1.165, 1.54) is 17.0 Å². The molecule has 0 radical (unpaired) electrons. The number of fused-ring (bicyclic) bond motifs is 1. The number of nitrogens with zero attached hydrogens (tertiary/aromatic N) is 2. The van der Waals surface area contributed by atoms with Crippen molar-refractivity contribution in [3.05, 3.63) is 59.4 Å². The van der Waals surface area contributed by atoms with E-state index in [1.807, 2.05) is 44.2 Å². The average Bonchev–Trinajstić information content (AvgIpc) is 3.17. The molecule has 1 aromatic heterocycles. The molecule has 0 saturated carbocycles. The summed E-state index contributed by atoms with van der Waals surface area (Å²) in [5.41, 5.74) is 2.51. The fourth-order valence-electron chi connectivity index (χ4n) is 3.87. The normalized spacial score (nSPS) is 17.2. The Kier molecular flexibility index (Phi) is 3.76. The second-order valence-corrected chi connectivity index (χ2v) is 9.63. The van der Waals surface area contributed by atoms with Gasteiger partial charge in [0.25, 0.3) is 11.7 Å². The Morgan fingerprint density at radius 3 is 2.71 bits per heavy atom. The monoisotopic (exact) mass is 410 g/mol. The van der Waals surface area contributed by atoms with Crippen molar-refractivity contribution in [2.45, 2.75) is 23.7 Å². The van der Waals surface area contributed by atoms with E-state index in [1.54, 1.807) is 23.1 Å². The van der Waals surface area contributed by atoms with Gasteiger partial charge in [-0.2, -0.15) is 0 Å². The highest BCUT2D eigenvalue weighted by atomic mass is 32.2. The van der Waals surface area contributed by atoms with E-state index in [4.69, 9.17) is 0 Å². The van der Waals surface area contributed by atoms with Gasteiger partial charge in [-0.05, 0) is 43.7 Å². The number of hydrogen-bond acceptors (Lipinski definition) is 5. The van der Waals surface area contributed by atoms with Gasteiger partial charge in [-0.3, -0.25) is 14.5 Å². The van der Waals surface area contributed by atoms with Crippen molar-refractivity contribution < 1.29 is 14.0 Å². The van der Waals surface area contributed by atoms with Crippen LogP contribution in [0.1, 0.15) is 29.8 Å². The van der Waals surface area contributed by atoms with Crippen LogP contribution in [0.25, 0.3) is 15.8 Å². The standard InChI is InChI=1S/C21H15FN2O2S2/c1-21(2)9-11(10-27-20-23-15-5-3-4-6-16(15)28-20)13-7-12(22)8-14-17(13)24(21)19(26)18(14)25/h3-9H,10H2,1-2H3. The number of anilines is 1. The van der Waals surface area contributed by atoms with Crippen molar-refractivity contribution in [2.24, 2.45) is 0 Å². The number of amides is 1. The number of thioether (sulfide) groups is 1. The summed E-state index contributed by atoms with van der Waals surface area (Å²) in [6.07, 6.45) is 1.95. The Morgan fingerprint density at radius 1 is 1.18 bits per heavy atom. The van der Waals surface area contributed by atoms with Gasteiger partial charge in [0.2, 0.25) is 0 Å². The highest BCUT2D eigenvalue weighted by Crippen LogP contribution is 2.47. The zero-order chi connectivity index (χ0) is 19.6. The fourth-order valence-corrected chi connectivity index (χ4v) is 5.93. The summed E-state index contributed by atoms with van der Waals surface area (Å²) in [4.78, 5) is 31.0. The van der Waals surface area contributed by atoms with Gasteiger partial charge >= 0.3 is 0 Å². The third kappa shape index (κ3) is 2.53. The smallest absolute Gasteiger partial charge is 0.295 e. The average molecular weight is 410 g/mol. The molecular weight excluding hydrogens is 395 g/mol. The molecule has 4 nitrogen and oxygen atoms in total. The van der Waals surface area contributed by atoms with Crippen molar-refractivity contribution in [1.29, 1.82) is 0 Å². The van der Waals surface area contributed by atoms with E-state index in [0.29, 0.717) is 17.0 Å². The number of halogens is 1. The molecule has 0 bridgehead atoms. The minimum Gasteiger partial charge on any atom is -0.295 e. The Balaban J connectivity index is 1.55. The van der Waals surface area contributed by atoms with Gasteiger partial charge in [0, 0.05) is 11.3 Å². The number of ketones is 1. The van der Waals surface area contributed by atoms with Crippen LogP contribution in [0.15, 0.2) is 46.8 Å². The Labute approximate surface area is 169 Å². The molecule has 2 aromatic carbocycles. The summed E-state index contributed by atoms with van der Waals surface area (Å²) in [5.74, 6) is -1.17. The Bertz CT molecular complexity index is 1180. The number of carbonyl (C=O) groups excluding carboxylic acids is 2. The van der Waals surface area contributed by atoms with Crippen LogP contribution in [0, 0.1) is 5.82 Å². The molecule has 2 aliphatic rings. The predicted molar refractivity (Wildman–Crippen MR) is 111 cm³/mol. The number of hydrogen-bond donors (Lipinski definition) is 0. The number of Topliss-reactive ketones (excluding diaryl/α,β-unsaturated/α-hetero) is 1. The second kappa shape index (κ2) is 5.99. The van der Waals surface area contributed by atoms with Crippen LogP contribution in [-0.2, 0) is 4.79 Å². The quantitative estimate of drug-likeness (QED) is 0.454. The Morgan fingerprint density at radius 2 is 1.93 bits per heavy atom. The first-order chi connectivity index (χ1) is 13.3. The zero-order valence-corrected chi connectivity index (χ0v) is 16.8. The molecule has 0 spiro atoms. The van der Waals surface area contributed by atoms with Crippen LogP contribution in [0.5, 0.6) is 0 Å². The highest BCUT2D eigenvalue weighted by molar-refractivity contribution is 8.01. The maximum atomic E-state index is 14.2. The highest BCUT2D eigenvalue weighted by Gasteiger charge is 2.47. The molecule has 1 amide bonds. The lowest BCUT2D eigenvalue weighted by Gasteiger charge is -2.38. The van der Waals surface area contributed by atoms with E-state index in [9.17, 15) is 14.0 Å². The first-order valence-corrected chi connectivity index (χ1v) is 10.6. The van der Waals surface area contributed by atoms with Gasteiger partial charge in [-0.15, -0.1) is 11.3 Å². The van der Waals surface area contributed by atoms with Crippen LogP contribution in [0.4, 0.5) is 10.1 Å². The van der Waals surface area contributed by atoms with Crippen molar-refractivity contribution in [3.63, 3.8) is 0 Å². The number of rotatable bonds is 3. The zero-order valence-electron chi connectivity index (χ0n) is 15.2. The maximum Gasteiger partial charge on any atom is 0.300 e. The van der Waals surface area contributed by atoms with Gasteiger partial charge in [-0.25, -0.2) is 9.37 Å². The molecule has 0 saturated heterocycles. The molecule has 7 heteroatoms. The van der Waals surface area contributed by atoms with Gasteiger partial charge in [-0.1, -0.05) is 30.0 Å². The van der Waals surface area contributed by atoms with Gasteiger partial charge in [0.05, 0.1) is 27.0 Å². The van der Waals surface area contributed by atoms with Crippen LogP contribution in [-0.4, -0.2) is 28.0 Å². The van der Waals surface area contributed by atoms with E-state index in [-0.39, 0.29) is 5.56 Å². The van der Waals surface area contributed by atoms with Crippen LogP contribution < -0.4 is 4.90 Å². The molecule has 3 heterocycles. The van der Waals surface area contributed by atoms with Crippen LogP contribution >= 0.6 is 23.1 Å². The number of thiazole rings is 1. The molecule has 5 rings (SSSR count). The first-order valence-electron chi connectivity index (χ1n) is 8.78. The maximum absolute atomic E-state index is 14.2. The summed E-state index contributed by atoms with van der Waals surface area (Å²) >= 11 is 3.20.